The molecule has 0 aromatic carbocycles. The lowest BCUT2D eigenvalue weighted by molar-refractivity contribution is -0.425. The summed E-state index contributed by atoms with van der Waals surface area (Å²) in [5, 5.41) is 11.1. The molecule has 2 nitrogen and oxygen atoms in total. The van der Waals surface area contributed by atoms with Crippen LogP contribution in [0.15, 0.2) is 24.5 Å². The summed E-state index contributed by atoms with van der Waals surface area (Å²) in [5.41, 5.74) is 1.35. The van der Waals surface area contributed by atoms with Crippen molar-refractivity contribution >= 4 is 0 Å². The summed E-state index contributed by atoms with van der Waals surface area (Å²) in [4.78, 5) is 3.99. The average Bonchev–Trinajstić information content (AvgIpc) is 2.20. The number of nitrogens with zero attached hydrogens (tertiary/aromatic N) is 1. The van der Waals surface area contributed by atoms with Crippen LogP contribution in [0.5, 0.6) is 0 Å². The van der Waals surface area contributed by atoms with E-state index in [1.807, 2.05) is 12.4 Å². The Morgan fingerprint density at radius 1 is 1.08 bits per heavy atom. The Kier molecular flexibility index (Phi) is 2.60. The van der Waals surface area contributed by atoms with Gasteiger partial charge in [-0.2, -0.15) is 0 Å². The van der Waals surface area contributed by atoms with Crippen LogP contribution in [0, 0.1) is 0 Å². The van der Waals surface area contributed by atoms with E-state index in [0.29, 0.717) is 5.92 Å². The Labute approximate surface area is 78.6 Å². The van der Waals surface area contributed by atoms with Gasteiger partial charge in [0.15, 0.2) is 0 Å². The van der Waals surface area contributed by atoms with Crippen molar-refractivity contribution in [3.8, 4) is 0 Å². The lowest BCUT2D eigenvalue weighted by Gasteiger charge is -2.32. The maximum Gasteiger partial charge on any atom is 0.0270 e. The van der Waals surface area contributed by atoms with Crippen LogP contribution in [0.1, 0.15) is 37.2 Å². The molecule has 0 bridgehead atoms. The molecule has 1 fully saturated rings. The molecule has 0 amide bonds. The van der Waals surface area contributed by atoms with E-state index in [1.165, 1.54) is 5.56 Å². The first-order valence-corrected chi connectivity index (χ1v) is 4.92. The summed E-state index contributed by atoms with van der Waals surface area (Å²) < 4.78 is 0. The summed E-state index contributed by atoms with van der Waals surface area (Å²) in [6.07, 6.45) is 7.14. The quantitative estimate of drug-likeness (QED) is 0.649. The van der Waals surface area contributed by atoms with Gasteiger partial charge >= 0.3 is 0 Å². The third-order valence-corrected chi connectivity index (χ3v) is 2.85. The Bertz CT molecular complexity index is 252. The smallest absolute Gasteiger partial charge is 0.0270 e. The minimum atomic E-state index is -0.307. The molecule has 1 aromatic rings. The molecular formula is C11H14NO-. The molecule has 0 aliphatic heterocycles. The second-order valence-corrected chi connectivity index (χ2v) is 3.75. The number of hydrogen-bond acceptors (Lipinski definition) is 2. The Balaban J connectivity index is 2.03. The van der Waals surface area contributed by atoms with Gasteiger partial charge in [0.25, 0.3) is 0 Å². The van der Waals surface area contributed by atoms with Gasteiger partial charge in [0.2, 0.25) is 0 Å². The topological polar surface area (TPSA) is 36.0 Å². The highest BCUT2D eigenvalue weighted by atomic mass is 16.3. The minimum absolute atomic E-state index is 0.307. The van der Waals surface area contributed by atoms with Crippen LogP contribution < -0.4 is 5.11 Å². The SMILES string of the molecule is [O-]C1CCC(c2ccncc2)CC1. The van der Waals surface area contributed by atoms with Crippen LogP contribution in [0.4, 0.5) is 0 Å². The molecule has 0 atom stereocenters. The lowest BCUT2D eigenvalue weighted by atomic mass is 9.83. The second kappa shape index (κ2) is 3.88. The predicted octanol–water partition coefficient (Wildman–Crippen LogP) is 1.47. The highest BCUT2D eigenvalue weighted by molar-refractivity contribution is 5.16. The summed E-state index contributed by atoms with van der Waals surface area (Å²) >= 11 is 0. The third-order valence-electron chi connectivity index (χ3n) is 2.85. The van der Waals surface area contributed by atoms with Crippen molar-refractivity contribution in [2.45, 2.75) is 37.7 Å². The van der Waals surface area contributed by atoms with Crippen molar-refractivity contribution < 1.29 is 5.11 Å². The Morgan fingerprint density at radius 3 is 2.31 bits per heavy atom. The van der Waals surface area contributed by atoms with Crippen LogP contribution >= 0.6 is 0 Å². The first-order valence-electron chi connectivity index (χ1n) is 4.92. The Morgan fingerprint density at radius 2 is 1.69 bits per heavy atom. The maximum atomic E-state index is 11.1. The molecular weight excluding hydrogens is 162 g/mol. The van der Waals surface area contributed by atoms with E-state index in [2.05, 4.69) is 17.1 Å². The fourth-order valence-corrected chi connectivity index (χ4v) is 2.03. The fraction of sp³-hybridized carbons (Fsp3) is 0.545. The summed E-state index contributed by atoms with van der Waals surface area (Å²) in [5.74, 6) is 0.605. The van der Waals surface area contributed by atoms with Gasteiger partial charge in [-0.3, -0.25) is 4.98 Å². The highest BCUT2D eigenvalue weighted by Crippen LogP contribution is 2.31. The molecule has 2 heteroatoms. The third kappa shape index (κ3) is 2.07. The number of rotatable bonds is 1. The lowest BCUT2D eigenvalue weighted by Crippen LogP contribution is -2.29. The number of hydrogen-bond donors (Lipinski definition) is 0. The zero-order valence-electron chi connectivity index (χ0n) is 7.65. The normalized spacial score (nSPS) is 28.7. The Hall–Kier alpha value is -0.890. The molecule has 1 saturated carbocycles. The van der Waals surface area contributed by atoms with Crippen LogP contribution in [0.25, 0.3) is 0 Å². The highest BCUT2D eigenvalue weighted by Gasteiger charge is 2.16. The first kappa shape index (κ1) is 8.70. The predicted molar refractivity (Wildman–Crippen MR) is 49.2 cm³/mol. The van der Waals surface area contributed by atoms with Gasteiger partial charge in [0, 0.05) is 12.4 Å². The van der Waals surface area contributed by atoms with E-state index in [-0.39, 0.29) is 6.10 Å². The van der Waals surface area contributed by atoms with E-state index in [4.69, 9.17) is 0 Å². The van der Waals surface area contributed by atoms with Gasteiger partial charge in [-0.05, 0) is 36.5 Å². The molecule has 0 saturated heterocycles. The van der Waals surface area contributed by atoms with Crippen LogP contribution in [0.3, 0.4) is 0 Å². The van der Waals surface area contributed by atoms with Crippen molar-refractivity contribution in [1.82, 2.24) is 4.98 Å². The molecule has 1 aliphatic rings. The maximum absolute atomic E-state index is 11.1. The summed E-state index contributed by atoms with van der Waals surface area (Å²) in [6.45, 7) is 0. The van der Waals surface area contributed by atoms with E-state index in [1.54, 1.807) is 0 Å². The molecule has 0 N–H and O–H groups in total. The second-order valence-electron chi connectivity index (χ2n) is 3.75. The van der Waals surface area contributed by atoms with Gasteiger partial charge in [0.05, 0.1) is 0 Å². The van der Waals surface area contributed by atoms with Crippen molar-refractivity contribution in [3.63, 3.8) is 0 Å². The fourth-order valence-electron chi connectivity index (χ4n) is 2.03. The van der Waals surface area contributed by atoms with Gasteiger partial charge in [0.1, 0.15) is 0 Å². The van der Waals surface area contributed by atoms with Gasteiger partial charge < -0.3 is 5.11 Å². The zero-order valence-corrected chi connectivity index (χ0v) is 7.65. The minimum Gasteiger partial charge on any atom is -0.852 e. The molecule has 2 rings (SSSR count). The summed E-state index contributed by atoms with van der Waals surface area (Å²) in [6, 6.07) is 4.13. The van der Waals surface area contributed by atoms with E-state index >= 15 is 0 Å². The van der Waals surface area contributed by atoms with Gasteiger partial charge in [-0.1, -0.05) is 12.8 Å². The van der Waals surface area contributed by atoms with Gasteiger partial charge in [-0.15, -0.1) is 6.10 Å². The van der Waals surface area contributed by atoms with Crippen molar-refractivity contribution in [2.75, 3.05) is 0 Å². The van der Waals surface area contributed by atoms with Crippen LogP contribution in [0.2, 0.25) is 0 Å². The molecule has 70 valence electrons. The monoisotopic (exact) mass is 176 g/mol. The molecule has 13 heavy (non-hydrogen) atoms. The summed E-state index contributed by atoms with van der Waals surface area (Å²) in [7, 11) is 0. The van der Waals surface area contributed by atoms with Crippen molar-refractivity contribution in [1.29, 1.82) is 0 Å². The molecule has 0 radical (unpaired) electrons. The molecule has 1 aliphatic carbocycles. The van der Waals surface area contributed by atoms with E-state index < -0.39 is 0 Å². The largest absolute Gasteiger partial charge is 0.852 e. The molecule has 1 aromatic heterocycles. The number of aromatic nitrogens is 1. The van der Waals surface area contributed by atoms with Crippen LogP contribution in [-0.2, 0) is 0 Å². The van der Waals surface area contributed by atoms with Crippen molar-refractivity contribution in [2.24, 2.45) is 0 Å². The number of pyridine rings is 1. The van der Waals surface area contributed by atoms with Crippen LogP contribution in [-0.4, -0.2) is 11.1 Å². The molecule has 0 unspecified atom stereocenters. The molecule has 0 spiro atoms. The molecule has 1 heterocycles. The standard InChI is InChI=1S/C11H14NO/c13-11-3-1-9(2-4-11)10-5-7-12-8-6-10/h5-9,11H,1-4H2/q-1. The first-order chi connectivity index (χ1) is 6.36. The van der Waals surface area contributed by atoms with E-state index in [9.17, 15) is 5.11 Å². The zero-order chi connectivity index (χ0) is 9.10. The van der Waals surface area contributed by atoms with E-state index in [0.717, 1.165) is 25.7 Å². The average molecular weight is 176 g/mol. The van der Waals surface area contributed by atoms with Gasteiger partial charge in [-0.25, -0.2) is 0 Å². The van der Waals surface area contributed by atoms with Crippen molar-refractivity contribution in [3.05, 3.63) is 30.1 Å².